The van der Waals surface area contributed by atoms with Crippen LogP contribution in [0.1, 0.15) is 83.3 Å². The standard InChI is InChI=1S/C26H36N6O3/c1-18(2)24-27-13-16-31(24)21-10-5-8-19(29-21)20-9-7-15-30(20)22(33)11-6-12-23(34)32-17-14-28-25(35)26(32,3)4/h5,8,10,13,16,18,20H,6-7,9,11-12,14-15,17H2,1-4H3,(H,28,35). The van der Waals surface area contributed by atoms with Gasteiger partial charge in [0, 0.05) is 50.8 Å². The first-order chi connectivity index (χ1) is 16.7. The van der Waals surface area contributed by atoms with Crippen LogP contribution in [0.25, 0.3) is 5.82 Å². The van der Waals surface area contributed by atoms with Crippen molar-refractivity contribution in [1.82, 2.24) is 29.7 Å². The lowest BCUT2D eigenvalue weighted by atomic mass is 9.98. The average Bonchev–Trinajstić information content (AvgIpc) is 3.51. The number of nitrogens with zero attached hydrogens (tertiary/aromatic N) is 5. The number of carbonyl (C=O) groups excluding carboxylic acids is 3. The van der Waals surface area contributed by atoms with E-state index in [1.54, 1.807) is 24.9 Å². The first-order valence-corrected chi connectivity index (χ1v) is 12.6. The number of nitrogens with one attached hydrogen (secondary N) is 1. The third-order valence-corrected chi connectivity index (χ3v) is 7.04. The second-order valence-electron chi connectivity index (χ2n) is 10.2. The Morgan fingerprint density at radius 3 is 2.71 bits per heavy atom. The molecule has 188 valence electrons. The number of imidazole rings is 1. The Morgan fingerprint density at radius 1 is 1.17 bits per heavy atom. The van der Waals surface area contributed by atoms with E-state index in [9.17, 15) is 14.4 Å². The molecule has 9 nitrogen and oxygen atoms in total. The molecule has 9 heteroatoms. The van der Waals surface area contributed by atoms with Crippen molar-refractivity contribution < 1.29 is 14.4 Å². The minimum absolute atomic E-state index is 0.0497. The van der Waals surface area contributed by atoms with Crippen LogP contribution in [0.5, 0.6) is 0 Å². The maximum Gasteiger partial charge on any atom is 0.245 e. The number of likely N-dealkylation sites (tertiary alicyclic amines) is 1. The fourth-order valence-corrected chi connectivity index (χ4v) is 5.07. The number of hydrogen-bond donors (Lipinski definition) is 1. The molecule has 2 aliphatic heterocycles. The van der Waals surface area contributed by atoms with E-state index < -0.39 is 5.54 Å². The van der Waals surface area contributed by atoms with Gasteiger partial charge in [0.05, 0.1) is 11.7 Å². The van der Waals surface area contributed by atoms with E-state index in [-0.39, 0.29) is 36.1 Å². The number of carbonyl (C=O) groups is 3. The van der Waals surface area contributed by atoms with Crippen molar-refractivity contribution in [2.75, 3.05) is 19.6 Å². The van der Waals surface area contributed by atoms with Crippen LogP contribution in [0.3, 0.4) is 0 Å². The number of aromatic nitrogens is 3. The van der Waals surface area contributed by atoms with Crippen molar-refractivity contribution in [2.24, 2.45) is 0 Å². The SMILES string of the molecule is CC(C)c1nccn1-c1cccc(C2CCCN2C(=O)CCCC(=O)N2CCNC(=O)C2(C)C)n1. The Hall–Kier alpha value is -3.23. The highest BCUT2D eigenvalue weighted by Gasteiger charge is 2.40. The van der Waals surface area contributed by atoms with Gasteiger partial charge in [-0.1, -0.05) is 19.9 Å². The summed E-state index contributed by atoms with van der Waals surface area (Å²) in [5.74, 6) is 1.86. The highest BCUT2D eigenvalue weighted by molar-refractivity contribution is 5.92. The summed E-state index contributed by atoms with van der Waals surface area (Å²) < 4.78 is 2.00. The predicted molar refractivity (Wildman–Crippen MR) is 132 cm³/mol. The summed E-state index contributed by atoms with van der Waals surface area (Å²) in [6, 6.07) is 5.87. The molecular weight excluding hydrogens is 444 g/mol. The number of pyridine rings is 1. The minimum atomic E-state index is -0.860. The molecule has 2 aromatic rings. The van der Waals surface area contributed by atoms with Crippen molar-refractivity contribution in [1.29, 1.82) is 0 Å². The monoisotopic (exact) mass is 480 g/mol. The van der Waals surface area contributed by atoms with E-state index in [0.717, 1.165) is 30.2 Å². The molecule has 3 amide bonds. The van der Waals surface area contributed by atoms with Crippen molar-refractivity contribution in [3.8, 4) is 5.82 Å². The Kier molecular flexibility index (Phi) is 7.23. The molecule has 2 saturated heterocycles. The van der Waals surface area contributed by atoms with Crippen LogP contribution in [-0.2, 0) is 14.4 Å². The number of piperazine rings is 1. The molecule has 0 aliphatic carbocycles. The third-order valence-electron chi connectivity index (χ3n) is 7.04. The van der Waals surface area contributed by atoms with Crippen LogP contribution < -0.4 is 5.32 Å². The molecule has 0 spiro atoms. The fourth-order valence-electron chi connectivity index (χ4n) is 5.07. The first-order valence-electron chi connectivity index (χ1n) is 12.6. The maximum absolute atomic E-state index is 13.1. The molecule has 0 bridgehead atoms. The molecule has 2 aliphatic rings. The zero-order valence-electron chi connectivity index (χ0n) is 21.2. The summed E-state index contributed by atoms with van der Waals surface area (Å²) in [5, 5.41) is 2.81. The highest BCUT2D eigenvalue weighted by Crippen LogP contribution is 2.32. The first kappa shape index (κ1) is 24.9. The Balaban J connectivity index is 1.38. The zero-order chi connectivity index (χ0) is 25.2. The fraction of sp³-hybridized carbons (Fsp3) is 0.577. The topological polar surface area (TPSA) is 100 Å². The van der Waals surface area contributed by atoms with Crippen LogP contribution in [0, 0.1) is 0 Å². The number of hydrogen-bond acceptors (Lipinski definition) is 5. The van der Waals surface area contributed by atoms with Crippen LogP contribution in [0.15, 0.2) is 30.6 Å². The summed E-state index contributed by atoms with van der Waals surface area (Å²) in [6.45, 7) is 9.38. The molecule has 4 heterocycles. The Labute approximate surface area is 206 Å². The lowest BCUT2D eigenvalue weighted by Gasteiger charge is -2.41. The molecule has 1 atom stereocenters. The van der Waals surface area contributed by atoms with Gasteiger partial charge in [-0.05, 0) is 45.2 Å². The van der Waals surface area contributed by atoms with Crippen molar-refractivity contribution in [3.05, 3.63) is 42.1 Å². The lowest BCUT2D eigenvalue weighted by molar-refractivity contribution is -0.149. The molecule has 2 fully saturated rings. The largest absolute Gasteiger partial charge is 0.352 e. The van der Waals surface area contributed by atoms with Gasteiger partial charge in [-0.2, -0.15) is 0 Å². The van der Waals surface area contributed by atoms with E-state index in [1.165, 1.54) is 0 Å². The second-order valence-corrected chi connectivity index (χ2v) is 10.2. The van der Waals surface area contributed by atoms with E-state index in [0.29, 0.717) is 32.5 Å². The highest BCUT2D eigenvalue weighted by atomic mass is 16.2. The molecule has 0 aromatic carbocycles. The Bertz CT molecular complexity index is 1090. The molecule has 0 saturated carbocycles. The molecule has 35 heavy (non-hydrogen) atoms. The van der Waals surface area contributed by atoms with Gasteiger partial charge < -0.3 is 15.1 Å². The van der Waals surface area contributed by atoms with Gasteiger partial charge in [0.15, 0.2) is 0 Å². The summed E-state index contributed by atoms with van der Waals surface area (Å²) in [7, 11) is 0. The maximum atomic E-state index is 13.1. The van der Waals surface area contributed by atoms with Gasteiger partial charge >= 0.3 is 0 Å². The smallest absolute Gasteiger partial charge is 0.245 e. The van der Waals surface area contributed by atoms with Crippen LogP contribution in [-0.4, -0.2) is 67.2 Å². The minimum Gasteiger partial charge on any atom is -0.352 e. The predicted octanol–water partition coefficient (Wildman–Crippen LogP) is 2.96. The molecule has 1 unspecified atom stereocenters. The summed E-state index contributed by atoms with van der Waals surface area (Å²) in [4.78, 5) is 50.9. The summed E-state index contributed by atoms with van der Waals surface area (Å²) >= 11 is 0. The lowest BCUT2D eigenvalue weighted by Crippen LogP contribution is -2.63. The summed E-state index contributed by atoms with van der Waals surface area (Å²) in [5.41, 5.74) is 0.0229. The van der Waals surface area contributed by atoms with Gasteiger partial charge in [0.2, 0.25) is 17.7 Å². The van der Waals surface area contributed by atoms with Crippen LogP contribution >= 0.6 is 0 Å². The van der Waals surface area contributed by atoms with E-state index in [2.05, 4.69) is 24.1 Å². The number of rotatable bonds is 7. The molecule has 0 radical (unpaired) electrons. The normalized spacial score (nSPS) is 19.8. The van der Waals surface area contributed by atoms with Gasteiger partial charge in [-0.3, -0.25) is 19.0 Å². The molecule has 4 rings (SSSR count). The second kappa shape index (κ2) is 10.2. The summed E-state index contributed by atoms with van der Waals surface area (Å²) in [6.07, 6.45) is 6.54. The quantitative estimate of drug-likeness (QED) is 0.657. The van der Waals surface area contributed by atoms with E-state index >= 15 is 0 Å². The van der Waals surface area contributed by atoms with Crippen molar-refractivity contribution >= 4 is 17.7 Å². The van der Waals surface area contributed by atoms with Gasteiger partial charge in [0.1, 0.15) is 17.2 Å². The molecule has 2 aromatic heterocycles. The number of amides is 3. The van der Waals surface area contributed by atoms with Gasteiger partial charge in [-0.25, -0.2) is 9.97 Å². The van der Waals surface area contributed by atoms with Gasteiger partial charge in [-0.15, -0.1) is 0 Å². The van der Waals surface area contributed by atoms with E-state index in [4.69, 9.17) is 4.98 Å². The van der Waals surface area contributed by atoms with E-state index in [1.807, 2.05) is 33.9 Å². The van der Waals surface area contributed by atoms with Crippen molar-refractivity contribution in [2.45, 2.75) is 77.3 Å². The van der Waals surface area contributed by atoms with Crippen molar-refractivity contribution in [3.63, 3.8) is 0 Å². The van der Waals surface area contributed by atoms with Gasteiger partial charge in [0.25, 0.3) is 0 Å². The third kappa shape index (κ3) is 5.09. The Morgan fingerprint density at radius 2 is 1.94 bits per heavy atom. The average molecular weight is 481 g/mol. The van der Waals surface area contributed by atoms with Crippen LogP contribution in [0.4, 0.5) is 0 Å². The van der Waals surface area contributed by atoms with Crippen LogP contribution in [0.2, 0.25) is 0 Å². The molecular formula is C26H36N6O3. The zero-order valence-corrected chi connectivity index (χ0v) is 21.2. The molecule has 1 N–H and O–H groups in total.